The standard InChI is InChI=1S/C12H15BrN2/c1-10(9-14)15(2)7-6-11-4-3-5-12(13)8-11/h3-5,8,10H,6-7H2,1-2H3. The molecule has 15 heavy (non-hydrogen) atoms. The van der Waals surface area contributed by atoms with Crippen molar-refractivity contribution in [1.29, 1.82) is 5.26 Å². The normalized spacial score (nSPS) is 12.5. The van der Waals surface area contributed by atoms with E-state index in [0.717, 1.165) is 17.4 Å². The first kappa shape index (κ1) is 12.2. The highest BCUT2D eigenvalue weighted by atomic mass is 79.9. The second-order valence-electron chi connectivity index (χ2n) is 3.67. The third kappa shape index (κ3) is 4.03. The highest BCUT2D eigenvalue weighted by Gasteiger charge is 2.06. The zero-order chi connectivity index (χ0) is 11.3. The van der Waals surface area contributed by atoms with E-state index in [1.807, 2.05) is 26.1 Å². The van der Waals surface area contributed by atoms with Crippen LogP contribution in [0.2, 0.25) is 0 Å². The van der Waals surface area contributed by atoms with Gasteiger partial charge in [0.25, 0.3) is 0 Å². The lowest BCUT2D eigenvalue weighted by Crippen LogP contribution is -2.29. The Morgan fingerprint density at radius 1 is 1.53 bits per heavy atom. The number of hydrogen-bond donors (Lipinski definition) is 0. The van der Waals surface area contributed by atoms with E-state index < -0.39 is 0 Å². The average Bonchev–Trinajstić information content (AvgIpc) is 2.25. The predicted octanol–water partition coefficient (Wildman–Crippen LogP) is 2.84. The molecule has 0 heterocycles. The third-order valence-electron chi connectivity index (χ3n) is 2.49. The van der Waals surface area contributed by atoms with E-state index in [2.05, 4.69) is 39.0 Å². The number of nitrogens with zero attached hydrogens (tertiary/aromatic N) is 2. The summed E-state index contributed by atoms with van der Waals surface area (Å²) in [5.74, 6) is 0. The van der Waals surface area contributed by atoms with Crippen LogP contribution < -0.4 is 0 Å². The summed E-state index contributed by atoms with van der Waals surface area (Å²) >= 11 is 3.45. The molecule has 0 aromatic heterocycles. The topological polar surface area (TPSA) is 27.0 Å². The van der Waals surface area contributed by atoms with E-state index in [0.29, 0.717) is 0 Å². The summed E-state index contributed by atoms with van der Waals surface area (Å²) in [5.41, 5.74) is 1.29. The molecule has 1 atom stereocenters. The summed E-state index contributed by atoms with van der Waals surface area (Å²) in [6, 6.07) is 10.5. The van der Waals surface area contributed by atoms with Gasteiger partial charge in [0.1, 0.15) is 0 Å². The van der Waals surface area contributed by atoms with Crippen molar-refractivity contribution < 1.29 is 0 Å². The molecule has 0 aliphatic carbocycles. The van der Waals surface area contributed by atoms with Crippen molar-refractivity contribution in [2.45, 2.75) is 19.4 Å². The predicted molar refractivity (Wildman–Crippen MR) is 65.6 cm³/mol. The molecule has 2 nitrogen and oxygen atoms in total. The van der Waals surface area contributed by atoms with Gasteiger partial charge in [-0.25, -0.2) is 0 Å². The number of halogens is 1. The summed E-state index contributed by atoms with van der Waals surface area (Å²) in [7, 11) is 1.98. The molecule has 0 fully saturated rings. The van der Waals surface area contributed by atoms with Gasteiger partial charge in [0, 0.05) is 11.0 Å². The van der Waals surface area contributed by atoms with Crippen molar-refractivity contribution in [2.75, 3.05) is 13.6 Å². The molecule has 0 radical (unpaired) electrons. The van der Waals surface area contributed by atoms with Crippen molar-refractivity contribution in [1.82, 2.24) is 4.90 Å². The second kappa shape index (κ2) is 5.89. The van der Waals surface area contributed by atoms with Gasteiger partial charge in [0.2, 0.25) is 0 Å². The molecule has 0 N–H and O–H groups in total. The summed E-state index contributed by atoms with van der Waals surface area (Å²) in [5, 5.41) is 8.75. The lowest BCUT2D eigenvalue weighted by molar-refractivity contribution is 0.306. The maximum atomic E-state index is 8.75. The summed E-state index contributed by atoms with van der Waals surface area (Å²) in [6.45, 7) is 2.83. The number of likely N-dealkylation sites (N-methyl/N-ethyl adjacent to an activating group) is 1. The van der Waals surface area contributed by atoms with Gasteiger partial charge in [-0.15, -0.1) is 0 Å². The molecule has 0 amide bonds. The second-order valence-corrected chi connectivity index (χ2v) is 4.58. The van der Waals surface area contributed by atoms with Gasteiger partial charge in [-0.05, 0) is 38.1 Å². The highest BCUT2D eigenvalue weighted by Crippen LogP contribution is 2.12. The van der Waals surface area contributed by atoms with Crippen molar-refractivity contribution >= 4 is 15.9 Å². The number of benzene rings is 1. The highest BCUT2D eigenvalue weighted by molar-refractivity contribution is 9.10. The first-order valence-electron chi connectivity index (χ1n) is 4.98. The van der Waals surface area contributed by atoms with E-state index in [1.165, 1.54) is 5.56 Å². The Labute approximate surface area is 99.6 Å². The molecular weight excluding hydrogens is 252 g/mol. The minimum absolute atomic E-state index is 0.0165. The van der Waals surface area contributed by atoms with Crippen LogP contribution in [0.5, 0.6) is 0 Å². The number of nitriles is 1. The van der Waals surface area contributed by atoms with Crippen molar-refractivity contribution in [3.63, 3.8) is 0 Å². The lowest BCUT2D eigenvalue weighted by atomic mass is 10.1. The fourth-order valence-corrected chi connectivity index (χ4v) is 1.74. The van der Waals surface area contributed by atoms with Crippen LogP contribution in [0, 0.1) is 11.3 Å². The van der Waals surface area contributed by atoms with Crippen LogP contribution in [0.25, 0.3) is 0 Å². The maximum absolute atomic E-state index is 8.75. The maximum Gasteiger partial charge on any atom is 0.0946 e. The van der Waals surface area contributed by atoms with E-state index in [-0.39, 0.29) is 6.04 Å². The molecule has 1 rings (SSSR count). The van der Waals surface area contributed by atoms with Gasteiger partial charge in [-0.1, -0.05) is 28.1 Å². The molecule has 1 aromatic rings. The smallest absolute Gasteiger partial charge is 0.0946 e. The molecule has 3 heteroatoms. The Balaban J connectivity index is 2.47. The summed E-state index contributed by atoms with van der Waals surface area (Å²) < 4.78 is 1.11. The first-order valence-corrected chi connectivity index (χ1v) is 5.77. The molecular formula is C12H15BrN2. The number of hydrogen-bond acceptors (Lipinski definition) is 2. The number of rotatable bonds is 4. The van der Waals surface area contributed by atoms with Crippen LogP contribution in [0.3, 0.4) is 0 Å². The third-order valence-corrected chi connectivity index (χ3v) is 2.98. The minimum atomic E-state index is -0.0165. The molecule has 0 spiro atoms. The van der Waals surface area contributed by atoms with E-state index >= 15 is 0 Å². The van der Waals surface area contributed by atoms with E-state index in [9.17, 15) is 0 Å². The zero-order valence-electron chi connectivity index (χ0n) is 9.07. The van der Waals surface area contributed by atoms with Crippen LogP contribution in [0.1, 0.15) is 12.5 Å². The Bertz CT molecular complexity index is 357. The molecule has 80 valence electrons. The SMILES string of the molecule is CC(C#N)N(C)CCc1cccc(Br)c1. The molecule has 1 unspecified atom stereocenters. The van der Waals surface area contributed by atoms with E-state index in [4.69, 9.17) is 5.26 Å². The fraction of sp³-hybridized carbons (Fsp3) is 0.417. The van der Waals surface area contributed by atoms with Gasteiger partial charge >= 0.3 is 0 Å². The van der Waals surface area contributed by atoms with E-state index in [1.54, 1.807) is 0 Å². The minimum Gasteiger partial charge on any atom is -0.291 e. The molecule has 0 bridgehead atoms. The molecule has 0 aliphatic heterocycles. The molecule has 0 saturated heterocycles. The Kier molecular flexibility index (Phi) is 4.80. The Hall–Kier alpha value is -0.850. The monoisotopic (exact) mass is 266 g/mol. The zero-order valence-corrected chi connectivity index (χ0v) is 10.7. The summed E-state index contributed by atoms with van der Waals surface area (Å²) in [4.78, 5) is 2.06. The van der Waals surface area contributed by atoms with Gasteiger partial charge < -0.3 is 0 Å². The molecule has 1 aromatic carbocycles. The molecule has 0 saturated carbocycles. The van der Waals surface area contributed by atoms with Crippen LogP contribution in [0.4, 0.5) is 0 Å². The van der Waals surface area contributed by atoms with Crippen molar-refractivity contribution in [3.05, 3.63) is 34.3 Å². The Morgan fingerprint density at radius 3 is 2.87 bits per heavy atom. The van der Waals surface area contributed by atoms with Gasteiger partial charge in [0.05, 0.1) is 12.1 Å². The Morgan fingerprint density at radius 2 is 2.27 bits per heavy atom. The first-order chi connectivity index (χ1) is 7.13. The van der Waals surface area contributed by atoms with Crippen LogP contribution >= 0.6 is 15.9 Å². The average molecular weight is 267 g/mol. The summed E-state index contributed by atoms with van der Waals surface area (Å²) in [6.07, 6.45) is 0.974. The van der Waals surface area contributed by atoms with Crippen molar-refractivity contribution in [3.8, 4) is 6.07 Å². The van der Waals surface area contributed by atoms with Crippen LogP contribution in [-0.2, 0) is 6.42 Å². The van der Waals surface area contributed by atoms with Crippen LogP contribution in [0.15, 0.2) is 28.7 Å². The largest absolute Gasteiger partial charge is 0.291 e. The molecule has 0 aliphatic rings. The quantitative estimate of drug-likeness (QED) is 0.838. The van der Waals surface area contributed by atoms with Gasteiger partial charge in [0.15, 0.2) is 0 Å². The fourth-order valence-electron chi connectivity index (χ4n) is 1.29. The van der Waals surface area contributed by atoms with Gasteiger partial charge in [-0.2, -0.15) is 5.26 Å². The van der Waals surface area contributed by atoms with Crippen LogP contribution in [-0.4, -0.2) is 24.5 Å². The van der Waals surface area contributed by atoms with Gasteiger partial charge in [-0.3, -0.25) is 4.90 Å². The van der Waals surface area contributed by atoms with Crippen molar-refractivity contribution in [2.24, 2.45) is 0 Å². The lowest BCUT2D eigenvalue weighted by Gasteiger charge is -2.18.